The Morgan fingerprint density at radius 1 is 1.17 bits per heavy atom. The summed E-state index contributed by atoms with van der Waals surface area (Å²) in [7, 11) is -1.87. The van der Waals surface area contributed by atoms with Crippen LogP contribution in [0.5, 0.6) is 5.75 Å². The predicted octanol–water partition coefficient (Wildman–Crippen LogP) is 3.17. The van der Waals surface area contributed by atoms with E-state index in [-0.39, 0.29) is 17.9 Å². The smallest absolute Gasteiger partial charge is 0.265 e. The maximum Gasteiger partial charge on any atom is 0.265 e. The van der Waals surface area contributed by atoms with Crippen LogP contribution in [-0.4, -0.2) is 45.2 Å². The Morgan fingerprint density at radius 2 is 1.83 bits per heavy atom. The number of hydrogen-bond donors (Lipinski definition) is 0. The van der Waals surface area contributed by atoms with Crippen LogP contribution in [0.25, 0.3) is 0 Å². The van der Waals surface area contributed by atoms with Crippen LogP contribution in [0.3, 0.4) is 0 Å². The summed E-state index contributed by atoms with van der Waals surface area (Å²) in [6, 6.07) is 15.1. The fourth-order valence-electron chi connectivity index (χ4n) is 3.34. The van der Waals surface area contributed by atoms with Crippen LogP contribution in [-0.2, 0) is 26.8 Å². The molecular formula is C22H28N2O4S. The summed E-state index contributed by atoms with van der Waals surface area (Å²) < 4.78 is 32.2. The van der Waals surface area contributed by atoms with E-state index < -0.39 is 16.1 Å². The predicted molar refractivity (Wildman–Crippen MR) is 115 cm³/mol. The van der Waals surface area contributed by atoms with Crippen LogP contribution in [0.2, 0.25) is 0 Å². The van der Waals surface area contributed by atoms with Crippen LogP contribution in [0.1, 0.15) is 31.9 Å². The van der Waals surface area contributed by atoms with Gasteiger partial charge in [-0.25, -0.2) is 8.42 Å². The molecule has 2 aromatic carbocycles. The first-order valence-corrected chi connectivity index (χ1v) is 11.4. The topological polar surface area (TPSA) is 66.9 Å². The Balaban J connectivity index is 1.89. The number of carbonyl (C=O) groups excluding carboxylic acids is 1. The molecule has 3 rings (SSSR count). The van der Waals surface area contributed by atoms with E-state index in [0.29, 0.717) is 18.0 Å². The number of ether oxygens (including phenoxy) is 1. The zero-order valence-corrected chi connectivity index (χ0v) is 18.4. The number of nitrogens with zero attached hydrogens (tertiary/aromatic N) is 2. The zero-order chi connectivity index (χ0) is 21.4. The molecule has 0 spiro atoms. The van der Waals surface area contributed by atoms with Gasteiger partial charge in [-0.3, -0.25) is 9.10 Å². The van der Waals surface area contributed by atoms with Crippen molar-refractivity contribution in [1.29, 1.82) is 0 Å². The largest absolute Gasteiger partial charge is 0.476 e. The van der Waals surface area contributed by atoms with Crippen molar-refractivity contribution in [3.05, 3.63) is 59.7 Å². The molecule has 0 saturated heterocycles. The summed E-state index contributed by atoms with van der Waals surface area (Å²) >= 11 is 0. The Hall–Kier alpha value is -2.54. The molecule has 0 bridgehead atoms. The van der Waals surface area contributed by atoms with Gasteiger partial charge >= 0.3 is 0 Å². The fourth-order valence-corrected chi connectivity index (χ4v) is 4.25. The molecule has 0 aliphatic carbocycles. The molecule has 29 heavy (non-hydrogen) atoms. The average Bonchev–Trinajstić information content (AvgIpc) is 2.65. The molecule has 0 aromatic heterocycles. The Bertz CT molecular complexity index is 997. The molecule has 0 fully saturated rings. The van der Waals surface area contributed by atoms with Gasteiger partial charge < -0.3 is 9.64 Å². The van der Waals surface area contributed by atoms with Crippen LogP contribution >= 0.6 is 0 Å². The molecule has 7 heteroatoms. The monoisotopic (exact) mass is 416 g/mol. The van der Waals surface area contributed by atoms with E-state index in [9.17, 15) is 13.2 Å². The third-order valence-corrected chi connectivity index (χ3v) is 6.16. The second-order valence-electron chi connectivity index (χ2n) is 8.51. The number of amides is 1. The lowest BCUT2D eigenvalue weighted by molar-refractivity contribution is -0.137. The molecule has 6 nitrogen and oxygen atoms in total. The molecule has 0 unspecified atom stereocenters. The lowest BCUT2D eigenvalue weighted by atomic mass is 9.86. The lowest BCUT2D eigenvalue weighted by Gasteiger charge is -2.36. The van der Waals surface area contributed by atoms with E-state index in [1.54, 1.807) is 18.0 Å². The molecule has 1 aliphatic heterocycles. The summed E-state index contributed by atoms with van der Waals surface area (Å²) in [6.07, 6.45) is 0.257. The van der Waals surface area contributed by atoms with Gasteiger partial charge in [-0.2, -0.15) is 0 Å². The second kappa shape index (κ2) is 7.71. The van der Waals surface area contributed by atoms with Crippen molar-refractivity contribution in [3.63, 3.8) is 0 Å². The van der Waals surface area contributed by atoms with E-state index in [2.05, 4.69) is 20.8 Å². The van der Waals surface area contributed by atoms with Crippen molar-refractivity contribution in [2.24, 2.45) is 0 Å². The number of rotatable bonds is 4. The summed E-state index contributed by atoms with van der Waals surface area (Å²) in [5, 5.41) is 0. The molecule has 0 radical (unpaired) electrons. The highest BCUT2D eigenvalue weighted by atomic mass is 32.2. The van der Waals surface area contributed by atoms with Crippen molar-refractivity contribution in [1.82, 2.24) is 4.90 Å². The summed E-state index contributed by atoms with van der Waals surface area (Å²) in [6.45, 7) is 6.57. The number of carbonyl (C=O) groups is 1. The molecule has 0 saturated carbocycles. The minimum atomic E-state index is -3.57. The van der Waals surface area contributed by atoms with Crippen LogP contribution in [0, 0.1) is 0 Å². The molecule has 156 valence electrons. The third-order valence-electron chi connectivity index (χ3n) is 5.01. The second-order valence-corrected chi connectivity index (χ2v) is 10.4. The van der Waals surface area contributed by atoms with E-state index >= 15 is 0 Å². The van der Waals surface area contributed by atoms with E-state index in [0.717, 1.165) is 17.4 Å². The first kappa shape index (κ1) is 21.2. The van der Waals surface area contributed by atoms with Crippen LogP contribution in [0.4, 0.5) is 5.69 Å². The number of likely N-dealkylation sites (N-methyl/N-ethyl adjacent to an activating group) is 1. The third kappa shape index (κ3) is 4.72. The maximum absolute atomic E-state index is 13.0. The quantitative estimate of drug-likeness (QED) is 0.768. The zero-order valence-electron chi connectivity index (χ0n) is 17.5. The minimum absolute atomic E-state index is 0.0443. The van der Waals surface area contributed by atoms with Gasteiger partial charge in [0.2, 0.25) is 10.0 Å². The Labute approximate surface area is 173 Å². The summed E-state index contributed by atoms with van der Waals surface area (Å²) in [5.41, 5.74) is 2.34. The highest BCUT2D eigenvalue weighted by molar-refractivity contribution is 7.92. The van der Waals surface area contributed by atoms with Crippen molar-refractivity contribution in [2.75, 3.05) is 24.2 Å². The first-order valence-electron chi connectivity index (χ1n) is 9.54. The van der Waals surface area contributed by atoms with Crippen molar-refractivity contribution in [2.45, 2.75) is 38.8 Å². The number of benzene rings is 2. The van der Waals surface area contributed by atoms with Gasteiger partial charge in [0, 0.05) is 13.6 Å². The maximum atomic E-state index is 13.0. The normalized spacial score (nSPS) is 16.7. The van der Waals surface area contributed by atoms with Crippen LogP contribution in [0.15, 0.2) is 48.5 Å². The number of fused-ring (bicyclic) bond motifs is 1. The highest BCUT2D eigenvalue weighted by Crippen LogP contribution is 2.38. The van der Waals surface area contributed by atoms with Crippen molar-refractivity contribution < 1.29 is 17.9 Å². The van der Waals surface area contributed by atoms with Gasteiger partial charge in [0.1, 0.15) is 5.75 Å². The lowest BCUT2D eigenvalue weighted by Crippen LogP contribution is -2.50. The van der Waals surface area contributed by atoms with E-state index in [4.69, 9.17) is 4.74 Å². The van der Waals surface area contributed by atoms with Gasteiger partial charge in [-0.15, -0.1) is 0 Å². The van der Waals surface area contributed by atoms with Crippen LogP contribution < -0.4 is 9.04 Å². The molecule has 0 N–H and O–H groups in total. The molecule has 1 amide bonds. The van der Waals surface area contributed by atoms with Crippen molar-refractivity contribution in [3.8, 4) is 5.75 Å². The van der Waals surface area contributed by atoms with Gasteiger partial charge in [0.15, 0.2) is 6.10 Å². The van der Waals surface area contributed by atoms with Gasteiger partial charge in [0.05, 0.1) is 18.5 Å². The number of hydrogen-bond acceptors (Lipinski definition) is 4. The van der Waals surface area contributed by atoms with Gasteiger partial charge in [-0.1, -0.05) is 57.2 Å². The van der Waals surface area contributed by atoms with E-state index in [1.165, 1.54) is 4.31 Å². The first-order chi connectivity index (χ1) is 13.5. The highest BCUT2D eigenvalue weighted by Gasteiger charge is 2.37. The fraction of sp³-hybridized carbons (Fsp3) is 0.409. The Morgan fingerprint density at radius 3 is 2.41 bits per heavy atom. The van der Waals surface area contributed by atoms with Crippen molar-refractivity contribution >= 4 is 21.6 Å². The summed E-state index contributed by atoms with van der Waals surface area (Å²) in [5.74, 6) is 0.147. The molecular weight excluding hydrogens is 388 g/mol. The van der Waals surface area contributed by atoms with Gasteiger partial charge in [-0.05, 0) is 28.7 Å². The average molecular weight is 417 g/mol. The molecule has 1 heterocycles. The molecule has 2 aromatic rings. The standard InChI is InChI=1S/C22H28N2O4S/c1-22(2,3)17-11-12-19-18(13-17)24(29(5,26)27)15-20(28-19)21(25)23(4)14-16-9-7-6-8-10-16/h6-13,20H,14-15H2,1-5H3/t20-/m1/s1. The van der Waals surface area contributed by atoms with Gasteiger partial charge in [0.25, 0.3) is 5.91 Å². The number of anilines is 1. The summed E-state index contributed by atoms with van der Waals surface area (Å²) in [4.78, 5) is 14.6. The SMILES string of the molecule is CN(Cc1ccccc1)C(=O)[C@H]1CN(S(C)(=O)=O)c2cc(C(C)(C)C)ccc2O1. The van der Waals surface area contributed by atoms with E-state index in [1.807, 2.05) is 42.5 Å². The molecule has 1 atom stereocenters. The number of sulfonamides is 1. The minimum Gasteiger partial charge on any atom is -0.476 e. The Kier molecular flexibility index (Phi) is 5.63. The molecule has 1 aliphatic rings.